The van der Waals surface area contributed by atoms with Crippen LogP contribution in [0.1, 0.15) is 6.92 Å². The van der Waals surface area contributed by atoms with Gasteiger partial charge in [-0.3, -0.25) is 4.68 Å². The van der Waals surface area contributed by atoms with Crippen molar-refractivity contribution in [2.24, 2.45) is 0 Å². The van der Waals surface area contributed by atoms with Crippen LogP contribution in [0, 0.1) is 11.6 Å². The summed E-state index contributed by atoms with van der Waals surface area (Å²) >= 11 is 0. The molecule has 7 heteroatoms. The molecule has 0 atom stereocenters. The van der Waals surface area contributed by atoms with Crippen LogP contribution in [0.5, 0.6) is 0 Å². The van der Waals surface area contributed by atoms with Crippen LogP contribution in [0.2, 0.25) is 0 Å². The molecular formula is C16H15F2N5. The Kier molecular flexibility index (Phi) is 3.69. The van der Waals surface area contributed by atoms with Crippen molar-refractivity contribution in [3.8, 4) is 22.4 Å². The maximum absolute atomic E-state index is 14.4. The van der Waals surface area contributed by atoms with Crippen molar-refractivity contribution in [1.29, 1.82) is 0 Å². The second kappa shape index (κ2) is 5.68. The molecule has 0 spiro atoms. The van der Waals surface area contributed by atoms with Gasteiger partial charge in [0.2, 0.25) is 0 Å². The quantitative estimate of drug-likeness (QED) is 0.728. The second-order valence-corrected chi connectivity index (χ2v) is 5.04. The van der Waals surface area contributed by atoms with Crippen molar-refractivity contribution in [2.45, 2.75) is 13.5 Å². The van der Waals surface area contributed by atoms with Gasteiger partial charge in [0.15, 0.2) is 5.82 Å². The number of aryl methyl sites for hydroxylation is 1. The molecule has 1 aromatic carbocycles. The predicted octanol–water partition coefficient (Wildman–Crippen LogP) is 3.07. The molecule has 23 heavy (non-hydrogen) atoms. The van der Waals surface area contributed by atoms with Gasteiger partial charge in [0, 0.05) is 24.5 Å². The van der Waals surface area contributed by atoms with E-state index in [1.807, 2.05) is 6.92 Å². The van der Waals surface area contributed by atoms with Crippen LogP contribution < -0.4 is 11.5 Å². The van der Waals surface area contributed by atoms with Gasteiger partial charge < -0.3 is 11.5 Å². The lowest BCUT2D eigenvalue weighted by Gasteiger charge is -2.07. The Morgan fingerprint density at radius 3 is 2.65 bits per heavy atom. The van der Waals surface area contributed by atoms with Crippen LogP contribution in [0.3, 0.4) is 0 Å². The summed E-state index contributed by atoms with van der Waals surface area (Å²) in [6.45, 7) is 2.44. The van der Waals surface area contributed by atoms with Crippen molar-refractivity contribution in [2.75, 3.05) is 11.5 Å². The molecular weight excluding hydrogens is 300 g/mol. The molecule has 0 saturated carbocycles. The van der Waals surface area contributed by atoms with E-state index in [2.05, 4.69) is 10.1 Å². The van der Waals surface area contributed by atoms with Crippen LogP contribution in [0.15, 0.2) is 36.7 Å². The lowest BCUT2D eigenvalue weighted by molar-refractivity contribution is 0.589. The highest BCUT2D eigenvalue weighted by Crippen LogP contribution is 2.36. The van der Waals surface area contributed by atoms with Crippen molar-refractivity contribution >= 4 is 11.5 Å². The predicted molar refractivity (Wildman–Crippen MR) is 85.3 cm³/mol. The number of pyridine rings is 1. The van der Waals surface area contributed by atoms with Crippen LogP contribution in [-0.2, 0) is 6.54 Å². The number of hydrogen-bond acceptors (Lipinski definition) is 4. The zero-order valence-electron chi connectivity index (χ0n) is 12.4. The van der Waals surface area contributed by atoms with Gasteiger partial charge >= 0.3 is 0 Å². The van der Waals surface area contributed by atoms with Crippen molar-refractivity contribution in [3.05, 3.63) is 48.3 Å². The molecule has 3 rings (SSSR count). The van der Waals surface area contributed by atoms with Gasteiger partial charge in [-0.05, 0) is 36.8 Å². The van der Waals surface area contributed by atoms with E-state index >= 15 is 0 Å². The summed E-state index contributed by atoms with van der Waals surface area (Å²) in [5.41, 5.74) is 12.3. The number of nitrogens with two attached hydrogens (primary N) is 2. The number of aromatic nitrogens is 3. The van der Waals surface area contributed by atoms with Gasteiger partial charge in [-0.1, -0.05) is 0 Å². The Morgan fingerprint density at radius 2 is 1.96 bits per heavy atom. The van der Waals surface area contributed by atoms with E-state index in [0.717, 1.165) is 6.07 Å². The van der Waals surface area contributed by atoms with Crippen LogP contribution in [0.25, 0.3) is 22.4 Å². The average molecular weight is 315 g/mol. The van der Waals surface area contributed by atoms with Crippen molar-refractivity contribution in [1.82, 2.24) is 14.8 Å². The lowest BCUT2D eigenvalue weighted by atomic mass is 10.0. The fourth-order valence-electron chi connectivity index (χ4n) is 2.38. The molecule has 0 bridgehead atoms. The zero-order chi connectivity index (χ0) is 16.6. The molecule has 118 valence electrons. The molecule has 2 heterocycles. The number of halogens is 2. The summed E-state index contributed by atoms with van der Waals surface area (Å²) in [4.78, 5) is 3.93. The molecule has 0 fully saturated rings. The van der Waals surface area contributed by atoms with Crippen LogP contribution in [0.4, 0.5) is 20.3 Å². The third-order valence-electron chi connectivity index (χ3n) is 3.54. The maximum atomic E-state index is 14.4. The van der Waals surface area contributed by atoms with E-state index in [4.69, 9.17) is 11.5 Å². The number of nitrogen functional groups attached to an aromatic ring is 2. The number of nitrogens with zero attached hydrogens (tertiary/aromatic N) is 3. The highest BCUT2D eigenvalue weighted by Gasteiger charge is 2.21. The van der Waals surface area contributed by atoms with Crippen molar-refractivity contribution < 1.29 is 8.78 Å². The Morgan fingerprint density at radius 1 is 1.17 bits per heavy atom. The third kappa shape index (κ3) is 2.61. The lowest BCUT2D eigenvalue weighted by Crippen LogP contribution is -1.99. The van der Waals surface area contributed by atoms with E-state index in [9.17, 15) is 8.78 Å². The minimum absolute atomic E-state index is 0.132. The Balaban J connectivity index is 2.29. The fourth-order valence-corrected chi connectivity index (χ4v) is 2.38. The van der Waals surface area contributed by atoms with Gasteiger partial charge in [-0.2, -0.15) is 5.10 Å². The molecule has 3 aromatic rings. The standard InChI is InChI=1S/C16H15F2N5/c1-2-23-8-10(9-5-6-21-13(20)7-9)16(22-23)14-11(17)3-4-12(19)15(14)18/h3-8H,2,19H2,1H3,(H2,20,21). The first-order valence-corrected chi connectivity index (χ1v) is 7.04. The summed E-state index contributed by atoms with van der Waals surface area (Å²) in [5.74, 6) is -1.23. The summed E-state index contributed by atoms with van der Waals surface area (Å²) in [6.07, 6.45) is 3.25. The molecule has 0 aliphatic rings. The minimum atomic E-state index is -0.824. The van der Waals surface area contributed by atoms with E-state index in [-0.39, 0.29) is 16.9 Å². The first kappa shape index (κ1) is 15.0. The molecule has 2 aromatic heterocycles. The minimum Gasteiger partial charge on any atom is -0.396 e. The van der Waals surface area contributed by atoms with Gasteiger partial charge in [-0.25, -0.2) is 13.8 Å². The molecule has 0 radical (unpaired) electrons. The van der Waals surface area contributed by atoms with Crippen molar-refractivity contribution in [3.63, 3.8) is 0 Å². The molecule has 0 amide bonds. The molecule has 0 unspecified atom stereocenters. The smallest absolute Gasteiger partial charge is 0.158 e. The second-order valence-electron chi connectivity index (χ2n) is 5.04. The molecule has 4 N–H and O–H groups in total. The highest BCUT2D eigenvalue weighted by molar-refractivity contribution is 5.82. The largest absolute Gasteiger partial charge is 0.396 e. The van der Waals surface area contributed by atoms with E-state index in [0.29, 0.717) is 23.5 Å². The van der Waals surface area contributed by atoms with Gasteiger partial charge in [-0.15, -0.1) is 0 Å². The number of anilines is 2. The van der Waals surface area contributed by atoms with E-state index < -0.39 is 11.6 Å². The first-order valence-electron chi connectivity index (χ1n) is 7.04. The molecule has 0 aliphatic carbocycles. The van der Waals surface area contributed by atoms with Crippen LogP contribution >= 0.6 is 0 Å². The van der Waals surface area contributed by atoms with Gasteiger partial charge in [0.1, 0.15) is 17.3 Å². The first-order chi connectivity index (χ1) is 11.0. The van der Waals surface area contributed by atoms with E-state index in [1.54, 1.807) is 23.0 Å². The Labute approximate surface area is 131 Å². The normalized spacial score (nSPS) is 10.9. The zero-order valence-corrected chi connectivity index (χ0v) is 12.4. The average Bonchev–Trinajstić information content (AvgIpc) is 2.95. The van der Waals surface area contributed by atoms with Crippen LogP contribution in [-0.4, -0.2) is 14.8 Å². The molecule has 5 nitrogen and oxygen atoms in total. The number of benzene rings is 1. The van der Waals surface area contributed by atoms with E-state index in [1.165, 1.54) is 12.3 Å². The molecule has 0 saturated heterocycles. The number of rotatable bonds is 3. The molecule has 0 aliphatic heterocycles. The third-order valence-corrected chi connectivity index (χ3v) is 3.54. The maximum Gasteiger partial charge on any atom is 0.158 e. The monoisotopic (exact) mass is 315 g/mol. The summed E-state index contributed by atoms with van der Waals surface area (Å²) in [7, 11) is 0. The fraction of sp³-hybridized carbons (Fsp3) is 0.125. The van der Waals surface area contributed by atoms with Gasteiger partial charge in [0.25, 0.3) is 0 Å². The topological polar surface area (TPSA) is 82.8 Å². The Bertz CT molecular complexity index is 873. The summed E-state index contributed by atoms with van der Waals surface area (Å²) in [5, 5.41) is 4.29. The van der Waals surface area contributed by atoms with Gasteiger partial charge in [0.05, 0.1) is 11.3 Å². The Hall–Kier alpha value is -2.96. The number of hydrogen-bond donors (Lipinski definition) is 2. The summed E-state index contributed by atoms with van der Waals surface area (Å²) in [6, 6.07) is 5.65. The highest BCUT2D eigenvalue weighted by atomic mass is 19.1. The SMILES string of the molecule is CCn1cc(-c2ccnc(N)c2)c(-c2c(F)ccc(N)c2F)n1. The summed E-state index contributed by atoms with van der Waals surface area (Å²) < 4.78 is 30.2.